The highest BCUT2D eigenvalue weighted by Gasteiger charge is 2.26. The van der Waals surface area contributed by atoms with Gasteiger partial charge in [0.1, 0.15) is 18.5 Å². The number of aryl methyl sites for hydroxylation is 2. The first kappa shape index (κ1) is 32.4. The predicted octanol–water partition coefficient (Wildman–Crippen LogP) is 4.95. The Labute approximate surface area is 242 Å². The molecule has 228 valence electrons. The van der Waals surface area contributed by atoms with Crippen molar-refractivity contribution in [2.75, 3.05) is 11.9 Å². The average molecular weight is 591 g/mol. The summed E-state index contributed by atoms with van der Waals surface area (Å²) in [5.41, 5.74) is 0.268. The molecule has 0 bridgehead atoms. The summed E-state index contributed by atoms with van der Waals surface area (Å²) in [7, 11) is 0. The Balaban J connectivity index is 1.71. The van der Waals surface area contributed by atoms with E-state index in [1.807, 2.05) is 38.1 Å². The SMILES string of the molecule is CCC(=O)OCC(C)Oc1cccc(CCC(C)Nc2nn(CCCC(F)(F)F)c(=O)n(Cc3ccccc3)c2=O)c1. The molecule has 3 aromatic rings. The van der Waals surface area contributed by atoms with Crippen LogP contribution in [0.3, 0.4) is 0 Å². The van der Waals surface area contributed by atoms with Gasteiger partial charge in [0.05, 0.1) is 6.54 Å². The molecule has 0 aliphatic rings. The van der Waals surface area contributed by atoms with E-state index in [0.717, 1.165) is 14.8 Å². The average Bonchev–Trinajstić information content (AvgIpc) is 2.95. The molecule has 0 radical (unpaired) electrons. The summed E-state index contributed by atoms with van der Waals surface area (Å²) in [6, 6.07) is 16.1. The van der Waals surface area contributed by atoms with Crippen LogP contribution in [0.5, 0.6) is 5.75 Å². The lowest BCUT2D eigenvalue weighted by Gasteiger charge is -2.18. The summed E-state index contributed by atoms with van der Waals surface area (Å²) in [6.07, 6.45) is -4.60. The van der Waals surface area contributed by atoms with Crippen LogP contribution >= 0.6 is 0 Å². The van der Waals surface area contributed by atoms with Crippen molar-refractivity contribution in [1.29, 1.82) is 0 Å². The second-order valence-corrected chi connectivity index (χ2v) is 10.1. The lowest BCUT2D eigenvalue weighted by molar-refractivity contribution is -0.145. The third-order valence-corrected chi connectivity index (χ3v) is 6.39. The number of anilines is 1. The van der Waals surface area contributed by atoms with Gasteiger partial charge in [0.2, 0.25) is 5.82 Å². The Morgan fingerprint density at radius 3 is 2.45 bits per heavy atom. The lowest BCUT2D eigenvalue weighted by Crippen LogP contribution is -2.43. The summed E-state index contributed by atoms with van der Waals surface area (Å²) >= 11 is 0. The molecule has 0 aliphatic heterocycles. The minimum absolute atomic E-state index is 0.0355. The van der Waals surface area contributed by atoms with Crippen LogP contribution in [0.2, 0.25) is 0 Å². The molecule has 1 heterocycles. The third-order valence-electron chi connectivity index (χ3n) is 6.39. The van der Waals surface area contributed by atoms with Crippen LogP contribution in [0.4, 0.5) is 19.0 Å². The van der Waals surface area contributed by atoms with Gasteiger partial charge in [0.25, 0.3) is 5.56 Å². The monoisotopic (exact) mass is 590 g/mol. The molecule has 0 fully saturated rings. The van der Waals surface area contributed by atoms with Crippen molar-refractivity contribution in [2.45, 2.75) is 84.3 Å². The van der Waals surface area contributed by atoms with E-state index < -0.39 is 23.8 Å². The number of aromatic nitrogens is 3. The molecule has 12 heteroatoms. The van der Waals surface area contributed by atoms with Crippen molar-refractivity contribution in [3.63, 3.8) is 0 Å². The minimum Gasteiger partial charge on any atom is -0.487 e. The fraction of sp³-hybridized carbons (Fsp3) is 0.467. The molecule has 9 nitrogen and oxygen atoms in total. The fourth-order valence-electron chi connectivity index (χ4n) is 4.17. The Kier molecular flexibility index (Phi) is 11.8. The number of hydrogen-bond donors (Lipinski definition) is 1. The number of ether oxygens (including phenoxy) is 2. The number of alkyl halides is 3. The highest BCUT2D eigenvalue weighted by Crippen LogP contribution is 2.21. The Bertz CT molecular complexity index is 1420. The molecule has 1 aromatic heterocycles. The second kappa shape index (κ2) is 15.2. The van der Waals surface area contributed by atoms with Crippen LogP contribution < -0.4 is 21.3 Å². The minimum atomic E-state index is -4.36. The van der Waals surface area contributed by atoms with E-state index >= 15 is 0 Å². The van der Waals surface area contributed by atoms with Crippen LogP contribution in [0.25, 0.3) is 0 Å². The topological polar surface area (TPSA) is 104 Å². The van der Waals surface area contributed by atoms with Crippen LogP contribution in [-0.4, -0.2) is 45.2 Å². The van der Waals surface area contributed by atoms with E-state index in [4.69, 9.17) is 9.47 Å². The quantitative estimate of drug-likeness (QED) is 0.250. The highest BCUT2D eigenvalue weighted by molar-refractivity contribution is 5.68. The summed E-state index contributed by atoms with van der Waals surface area (Å²) in [4.78, 5) is 37.6. The first-order valence-electron chi connectivity index (χ1n) is 14.0. The maximum atomic E-state index is 13.2. The third kappa shape index (κ3) is 10.4. The summed E-state index contributed by atoms with van der Waals surface area (Å²) in [5, 5.41) is 7.16. The molecule has 0 amide bonds. The zero-order valence-corrected chi connectivity index (χ0v) is 24.0. The van der Waals surface area contributed by atoms with Gasteiger partial charge in [-0.2, -0.15) is 13.2 Å². The standard InChI is InChI=1S/C30H37F3N4O5/c1-4-26(38)41-20-22(3)42-25-13-8-12-23(18-25)15-14-21(2)34-27-28(39)36(19-24-10-6-5-7-11-24)29(40)37(35-27)17-9-16-30(31,32)33/h5-8,10-13,18,21-22H,4,9,14-17,19-20H2,1-3H3,(H,34,35). The molecule has 1 N–H and O–H groups in total. The summed E-state index contributed by atoms with van der Waals surface area (Å²) in [6.45, 7) is 5.21. The molecule has 0 spiro atoms. The van der Waals surface area contributed by atoms with Crippen LogP contribution in [0.1, 0.15) is 57.6 Å². The summed E-state index contributed by atoms with van der Waals surface area (Å²) in [5.74, 6) is 0.237. The van der Waals surface area contributed by atoms with Crippen LogP contribution in [-0.2, 0) is 29.0 Å². The van der Waals surface area contributed by atoms with Crippen LogP contribution in [0.15, 0.2) is 64.2 Å². The number of halogens is 3. The van der Waals surface area contributed by atoms with Gasteiger partial charge in [-0.25, -0.2) is 9.48 Å². The Hall–Kier alpha value is -4.09. The van der Waals surface area contributed by atoms with Crippen molar-refractivity contribution < 1.29 is 27.4 Å². The zero-order valence-electron chi connectivity index (χ0n) is 24.0. The number of carbonyl (C=O) groups excluding carboxylic acids is 1. The summed E-state index contributed by atoms with van der Waals surface area (Å²) < 4.78 is 51.1. The van der Waals surface area contributed by atoms with Gasteiger partial charge in [0, 0.05) is 25.4 Å². The molecule has 2 atom stereocenters. The van der Waals surface area contributed by atoms with E-state index in [2.05, 4.69) is 10.4 Å². The first-order valence-corrected chi connectivity index (χ1v) is 14.0. The maximum Gasteiger partial charge on any atom is 0.389 e. The van der Waals surface area contributed by atoms with Crippen molar-refractivity contribution >= 4 is 11.8 Å². The molecule has 0 saturated heterocycles. The van der Waals surface area contributed by atoms with Gasteiger partial charge in [-0.3, -0.25) is 14.2 Å². The lowest BCUT2D eigenvalue weighted by atomic mass is 10.1. The number of benzene rings is 2. The number of esters is 1. The fourth-order valence-corrected chi connectivity index (χ4v) is 4.17. The van der Waals surface area contributed by atoms with E-state index in [0.29, 0.717) is 30.6 Å². The zero-order chi connectivity index (χ0) is 30.7. The maximum absolute atomic E-state index is 13.2. The van der Waals surface area contributed by atoms with E-state index in [1.165, 1.54) is 0 Å². The molecule has 0 aliphatic carbocycles. The Morgan fingerprint density at radius 2 is 1.76 bits per heavy atom. The largest absolute Gasteiger partial charge is 0.487 e. The number of hydrogen-bond acceptors (Lipinski definition) is 7. The van der Waals surface area contributed by atoms with Gasteiger partial charge >= 0.3 is 17.8 Å². The molecular formula is C30H37F3N4O5. The molecule has 0 saturated carbocycles. The molecule has 3 rings (SSSR count). The van der Waals surface area contributed by atoms with Gasteiger partial charge < -0.3 is 14.8 Å². The molecule has 2 unspecified atom stereocenters. The van der Waals surface area contributed by atoms with Crippen molar-refractivity contribution in [3.05, 3.63) is 86.6 Å². The van der Waals surface area contributed by atoms with Gasteiger partial charge in [-0.1, -0.05) is 49.4 Å². The van der Waals surface area contributed by atoms with E-state index in [1.54, 1.807) is 37.3 Å². The number of carbonyl (C=O) groups is 1. The first-order chi connectivity index (χ1) is 19.9. The predicted molar refractivity (Wildman–Crippen MR) is 153 cm³/mol. The number of rotatable bonds is 15. The van der Waals surface area contributed by atoms with Gasteiger partial charge in [-0.15, -0.1) is 5.10 Å². The number of nitrogens with zero attached hydrogens (tertiary/aromatic N) is 3. The van der Waals surface area contributed by atoms with Crippen LogP contribution in [0, 0.1) is 0 Å². The number of nitrogens with one attached hydrogen (secondary N) is 1. The van der Waals surface area contributed by atoms with Crippen molar-refractivity contribution in [1.82, 2.24) is 14.3 Å². The van der Waals surface area contributed by atoms with Crippen molar-refractivity contribution in [3.8, 4) is 5.75 Å². The van der Waals surface area contributed by atoms with E-state index in [-0.39, 0.29) is 50.1 Å². The highest BCUT2D eigenvalue weighted by atomic mass is 19.4. The molecule has 42 heavy (non-hydrogen) atoms. The Morgan fingerprint density at radius 1 is 1.05 bits per heavy atom. The van der Waals surface area contributed by atoms with Gasteiger partial charge in [-0.05, 0) is 56.4 Å². The molecule has 2 aromatic carbocycles. The normalized spacial score (nSPS) is 12.9. The second-order valence-electron chi connectivity index (χ2n) is 10.1. The van der Waals surface area contributed by atoms with E-state index in [9.17, 15) is 27.6 Å². The van der Waals surface area contributed by atoms with Crippen molar-refractivity contribution in [2.24, 2.45) is 0 Å². The smallest absolute Gasteiger partial charge is 0.389 e. The molecular weight excluding hydrogens is 553 g/mol. The van der Waals surface area contributed by atoms with Gasteiger partial charge in [0.15, 0.2) is 0 Å².